The highest BCUT2D eigenvalue weighted by Gasteiger charge is 2.37. The maximum Gasteiger partial charge on any atom is 0.303 e. The summed E-state index contributed by atoms with van der Waals surface area (Å²) in [7, 11) is -1.70. The first-order valence-corrected chi connectivity index (χ1v) is 11.7. The maximum atomic E-state index is 10.6. The van der Waals surface area contributed by atoms with Gasteiger partial charge in [0.25, 0.3) is 0 Å². The van der Waals surface area contributed by atoms with Crippen LogP contribution in [0.4, 0.5) is 0 Å². The van der Waals surface area contributed by atoms with Crippen molar-refractivity contribution in [3.8, 4) is 11.8 Å². The molecule has 0 saturated carbocycles. The van der Waals surface area contributed by atoms with Crippen LogP contribution in [0.3, 0.4) is 0 Å². The van der Waals surface area contributed by atoms with Gasteiger partial charge in [-0.2, -0.15) is 0 Å². The molecule has 5 heteroatoms. The molecule has 3 atom stereocenters. The number of carbonyl (C=O) groups is 1. The van der Waals surface area contributed by atoms with Crippen molar-refractivity contribution in [2.75, 3.05) is 13.2 Å². The molecule has 0 aliphatic rings. The van der Waals surface area contributed by atoms with Crippen LogP contribution in [0.2, 0.25) is 18.1 Å². The molecule has 0 aliphatic carbocycles. The van der Waals surface area contributed by atoms with Crippen molar-refractivity contribution in [1.82, 2.24) is 0 Å². The van der Waals surface area contributed by atoms with Crippen molar-refractivity contribution in [2.45, 2.75) is 78.6 Å². The average molecular weight is 357 g/mol. The molecular weight excluding hydrogens is 320 g/mol. The molecule has 0 aromatic rings. The molecule has 0 bridgehead atoms. The molecule has 0 heterocycles. The van der Waals surface area contributed by atoms with E-state index in [1.54, 1.807) is 0 Å². The third kappa shape index (κ3) is 9.46. The van der Waals surface area contributed by atoms with Gasteiger partial charge < -0.3 is 14.3 Å². The third-order valence-corrected chi connectivity index (χ3v) is 9.25. The molecule has 0 aliphatic heterocycles. The van der Waals surface area contributed by atoms with E-state index in [9.17, 15) is 9.90 Å². The Hall–Kier alpha value is -0.833. The summed E-state index contributed by atoms with van der Waals surface area (Å²) in [4.78, 5) is 10.6. The fourth-order valence-electron chi connectivity index (χ4n) is 1.79. The number of hydrogen-bond acceptors (Lipinski definition) is 4. The van der Waals surface area contributed by atoms with E-state index in [4.69, 9.17) is 9.16 Å². The minimum atomic E-state index is -1.70. The van der Waals surface area contributed by atoms with Gasteiger partial charge in [0.2, 0.25) is 0 Å². The second-order valence-electron chi connectivity index (χ2n) is 8.21. The Morgan fingerprint density at radius 1 is 1.21 bits per heavy atom. The molecule has 0 spiro atoms. The van der Waals surface area contributed by atoms with Crippen LogP contribution in [0.1, 0.15) is 54.4 Å². The summed E-state index contributed by atoms with van der Waals surface area (Å²) in [6.45, 7) is 17.5. The largest absolute Gasteiger partial charge is 0.453 e. The second-order valence-corrected chi connectivity index (χ2v) is 13.0. The van der Waals surface area contributed by atoms with Crippen molar-refractivity contribution < 1.29 is 19.1 Å². The Bertz CT molecular complexity index is 443. The Morgan fingerprint density at radius 3 is 2.29 bits per heavy atom. The molecule has 0 fully saturated rings. The minimum absolute atomic E-state index is 0.0865. The van der Waals surface area contributed by atoms with E-state index in [1.807, 2.05) is 6.92 Å². The molecular formula is C19H36O4Si. The topological polar surface area (TPSA) is 55.8 Å². The monoisotopic (exact) mass is 356 g/mol. The smallest absolute Gasteiger partial charge is 0.303 e. The van der Waals surface area contributed by atoms with Crippen LogP contribution in [0.5, 0.6) is 0 Å². The van der Waals surface area contributed by atoms with Gasteiger partial charge in [0.1, 0.15) is 0 Å². The van der Waals surface area contributed by atoms with Crippen molar-refractivity contribution in [2.24, 2.45) is 11.8 Å². The summed E-state index contributed by atoms with van der Waals surface area (Å²) in [5, 5.41) is 10.4. The fourth-order valence-corrected chi connectivity index (χ4v) is 2.93. The highest BCUT2D eigenvalue weighted by Crippen LogP contribution is 2.36. The number of rotatable bonds is 8. The molecule has 0 saturated heterocycles. The van der Waals surface area contributed by atoms with Crippen molar-refractivity contribution in [3.05, 3.63) is 0 Å². The summed E-state index contributed by atoms with van der Waals surface area (Å²) in [6.07, 6.45) is 1.14. The summed E-state index contributed by atoms with van der Waals surface area (Å²) < 4.78 is 11.0. The fraction of sp³-hybridized carbons (Fsp3) is 0.842. The molecule has 0 aromatic heterocycles. The van der Waals surface area contributed by atoms with Crippen LogP contribution in [-0.4, -0.2) is 38.7 Å². The van der Waals surface area contributed by atoms with Crippen molar-refractivity contribution >= 4 is 14.3 Å². The van der Waals surface area contributed by atoms with Crippen LogP contribution in [0.15, 0.2) is 0 Å². The highest BCUT2D eigenvalue weighted by atomic mass is 28.4. The van der Waals surface area contributed by atoms with Crippen LogP contribution >= 0.6 is 0 Å². The van der Waals surface area contributed by atoms with E-state index < -0.39 is 14.4 Å². The molecule has 140 valence electrons. The summed E-state index contributed by atoms with van der Waals surface area (Å²) >= 11 is 0. The number of esters is 1. The third-order valence-electron chi connectivity index (χ3n) is 4.74. The van der Waals surface area contributed by atoms with Crippen LogP contribution in [-0.2, 0) is 14.0 Å². The standard InChI is InChI=1S/C19H36O4Si/c1-15(14-23-24(7,8)19(4,5)6)11-12-18(21)16(2)10-9-13-22-17(3)20/h15-16,18,21H,11-14H2,1-8H3/t15-,16+,18-/m0/s1. The average Bonchev–Trinajstić information content (AvgIpc) is 2.45. The lowest BCUT2D eigenvalue weighted by molar-refractivity contribution is -0.139. The summed E-state index contributed by atoms with van der Waals surface area (Å²) in [5.41, 5.74) is 0. The molecule has 0 amide bonds. The maximum absolute atomic E-state index is 10.6. The van der Waals surface area contributed by atoms with Gasteiger partial charge in [-0.25, -0.2) is 0 Å². The van der Waals surface area contributed by atoms with Gasteiger partial charge in [-0.1, -0.05) is 39.5 Å². The molecule has 0 aromatic carbocycles. The number of hydrogen-bond donors (Lipinski definition) is 1. The molecule has 4 nitrogen and oxygen atoms in total. The predicted octanol–water partition coefficient (Wildman–Crippen LogP) is 3.99. The van der Waals surface area contributed by atoms with Crippen molar-refractivity contribution in [3.63, 3.8) is 0 Å². The van der Waals surface area contributed by atoms with Gasteiger partial charge in [-0.15, -0.1) is 0 Å². The lowest BCUT2D eigenvalue weighted by atomic mass is 9.96. The van der Waals surface area contributed by atoms with Gasteiger partial charge in [-0.3, -0.25) is 4.79 Å². The minimum Gasteiger partial charge on any atom is -0.453 e. The SMILES string of the molecule is CC(=O)OCC#C[C@@H](C)[C@@H](O)CC[C@H](C)CO[Si](C)(C)C(C)(C)C. The molecule has 0 radical (unpaired) electrons. The van der Waals surface area contributed by atoms with Gasteiger partial charge in [0, 0.05) is 19.4 Å². The molecule has 1 N–H and O–H groups in total. The quantitative estimate of drug-likeness (QED) is 0.406. The first kappa shape index (κ1) is 23.2. The van der Waals surface area contributed by atoms with Crippen molar-refractivity contribution in [1.29, 1.82) is 0 Å². The summed E-state index contributed by atoms with van der Waals surface area (Å²) in [5.74, 6) is 5.65. The van der Waals surface area contributed by atoms with E-state index in [2.05, 4.69) is 52.6 Å². The first-order valence-electron chi connectivity index (χ1n) is 8.80. The van der Waals surface area contributed by atoms with E-state index in [0.29, 0.717) is 12.3 Å². The highest BCUT2D eigenvalue weighted by molar-refractivity contribution is 6.74. The number of aliphatic hydroxyl groups excluding tert-OH is 1. The van der Waals surface area contributed by atoms with Crippen LogP contribution in [0.25, 0.3) is 0 Å². The van der Waals surface area contributed by atoms with Crippen LogP contribution < -0.4 is 0 Å². The van der Waals surface area contributed by atoms with E-state index in [-0.39, 0.29) is 23.5 Å². The van der Waals surface area contributed by atoms with E-state index in [1.165, 1.54) is 6.92 Å². The van der Waals surface area contributed by atoms with E-state index in [0.717, 1.165) is 13.0 Å². The lowest BCUT2D eigenvalue weighted by Crippen LogP contribution is -2.41. The zero-order valence-electron chi connectivity index (χ0n) is 16.7. The zero-order valence-corrected chi connectivity index (χ0v) is 17.7. The Balaban J connectivity index is 4.17. The zero-order chi connectivity index (χ0) is 19.0. The first-order chi connectivity index (χ1) is 10.9. The van der Waals surface area contributed by atoms with E-state index >= 15 is 0 Å². The number of aliphatic hydroxyl groups is 1. The predicted molar refractivity (Wildman–Crippen MR) is 101 cm³/mol. The van der Waals surface area contributed by atoms with Gasteiger partial charge in [0.05, 0.1) is 6.10 Å². The lowest BCUT2D eigenvalue weighted by Gasteiger charge is -2.37. The molecule has 24 heavy (non-hydrogen) atoms. The normalized spacial score (nSPS) is 15.9. The number of carbonyl (C=O) groups excluding carboxylic acids is 1. The van der Waals surface area contributed by atoms with Gasteiger partial charge >= 0.3 is 5.97 Å². The Labute approximate surface area is 149 Å². The number of ether oxygens (including phenoxy) is 1. The second kappa shape index (κ2) is 10.2. The summed E-state index contributed by atoms with van der Waals surface area (Å²) in [6, 6.07) is 0. The van der Waals surface area contributed by atoms with Crippen LogP contribution in [0, 0.1) is 23.7 Å². The van der Waals surface area contributed by atoms with Gasteiger partial charge in [0.15, 0.2) is 14.9 Å². The Kier molecular flexibility index (Phi) is 9.87. The molecule has 0 rings (SSSR count). The Morgan fingerprint density at radius 2 is 1.79 bits per heavy atom. The van der Waals surface area contributed by atoms with Gasteiger partial charge in [-0.05, 0) is 43.8 Å². The molecule has 0 unspecified atom stereocenters.